The van der Waals surface area contributed by atoms with E-state index in [1.807, 2.05) is 0 Å². The highest BCUT2D eigenvalue weighted by atomic mass is 19.1. The molecule has 0 saturated carbocycles. The summed E-state index contributed by atoms with van der Waals surface area (Å²) in [6, 6.07) is 6.81. The van der Waals surface area contributed by atoms with Gasteiger partial charge in [0.05, 0.1) is 18.1 Å². The Morgan fingerprint density at radius 1 is 1.26 bits per heavy atom. The summed E-state index contributed by atoms with van der Waals surface area (Å²) < 4.78 is 29.4. The van der Waals surface area contributed by atoms with E-state index in [9.17, 15) is 19.3 Å². The first-order valence-corrected chi connectivity index (χ1v) is 8.06. The smallest absolute Gasteiger partial charge is 0.286 e. The molecule has 0 radical (unpaired) electrons. The van der Waals surface area contributed by atoms with Crippen LogP contribution in [-0.4, -0.2) is 43.1 Å². The fraction of sp³-hybridized carbons (Fsp3) is 0.278. The first kappa shape index (κ1) is 18.4. The Kier molecular flexibility index (Phi) is 5.11. The van der Waals surface area contributed by atoms with Crippen molar-refractivity contribution in [1.29, 1.82) is 0 Å². The van der Waals surface area contributed by atoms with Gasteiger partial charge in [-0.15, -0.1) is 0 Å². The SMILES string of the molecule is COc1ccc(CN(C)C(=O)c2cc3c(cc2[N+](=O)[O-])OCCO3)cc1F. The Bertz CT molecular complexity index is 902. The van der Waals surface area contributed by atoms with Crippen LogP contribution in [0.2, 0.25) is 0 Å². The van der Waals surface area contributed by atoms with Gasteiger partial charge in [-0.1, -0.05) is 6.07 Å². The first-order valence-electron chi connectivity index (χ1n) is 8.06. The number of hydrogen-bond acceptors (Lipinski definition) is 6. The third-order valence-corrected chi connectivity index (χ3v) is 4.07. The number of nitro groups is 1. The van der Waals surface area contributed by atoms with Crippen molar-refractivity contribution in [2.45, 2.75) is 6.54 Å². The highest BCUT2D eigenvalue weighted by Gasteiger charge is 2.28. The Morgan fingerprint density at radius 3 is 2.52 bits per heavy atom. The van der Waals surface area contributed by atoms with Gasteiger partial charge in [0, 0.05) is 19.7 Å². The summed E-state index contributed by atoms with van der Waals surface area (Å²) in [6.45, 7) is 0.630. The quantitative estimate of drug-likeness (QED) is 0.589. The summed E-state index contributed by atoms with van der Waals surface area (Å²) >= 11 is 0. The number of nitro benzene ring substituents is 1. The lowest BCUT2D eigenvalue weighted by atomic mass is 10.1. The maximum atomic E-state index is 13.8. The Morgan fingerprint density at radius 2 is 1.93 bits per heavy atom. The van der Waals surface area contributed by atoms with E-state index in [1.165, 1.54) is 43.3 Å². The second-order valence-corrected chi connectivity index (χ2v) is 5.90. The lowest BCUT2D eigenvalue weighted by Gasteiger charge is -2.21. The number of benzene rings is 2. The lowest BCUT2D eigenvalue weighted by Crippen LogP contribution is -2.27. The van der Waals surface area contributed by atoms with E-state index >= 15 is 0 Å². The third-order valence-electron chi connectivity index (χ3n) is 4.07. The molecule has 8 nitrogen and oxygen atoms in total. The second-order valence-electron chi connectivity index (χ2n) is 5.90. The lowest BCUT2D eigenvalue weighted by molar-refractivity contribution is -0.385. The molecule has 0 fully saturated rings. The average Bonchev–Trinajstić information content (AvgIpc) is 2.66. The molecule has 0 unspecified atom stereocenters. The maximum Gasteiger partial charge on any atom is 0.286 e. The molecule has 0 aliphatic carbocycles. The Labute approximate surface area is 154 Å². The summed E-state index contributed by atoms with van der Waals surface area (Å²) in [5.41, 5.74) is 0.0158. The third kappa shape index (κ3) is 3.76. The predicted molar refractivity (Wildman–Crippen MR) is 92.8 cm³/mol. The summed E-state index contributed by atoms with van der Waals surface area (Å²) in [5.74, 6) is -0.547. The number of ether oxygens (including phenoxy) is 3. The van der Waals surface area contributed by atoms with E-state index in [2.05, 4.69) is 0 Å². The van der Waals surface area contributed by atoms with E-state index in [-0.39, 0.29) is 41.7 Å². The number of fused-ring (bicyclic) bond motifs is 1. The molecule has 2 aromatic rings. The largest absolute Gasteiger partial charge is 0.494 e. The van der Waals surface area contributed by atoms with E-state index < -0.39 is 16.6 Å². The highest BCUT2D eigenvalue weighted by Crippen LogP contribution is 2.37. The van der Waals surface area contributed by atoms with Crippen LogP contribution < -0.4 is 14.2 Å². The van der Waals surface area contributed by atoms with Gasteiger partial charge in [0.2, 0.25) is 0 Å². The minimum absolute atomic E-state index is 0.0609. The molecule has 0 aromatic heterocycles. The van der Waals surface area contributed by atoms with E-state index in [1.54, 1.807) is 6.07 Å². The minimum atomic E-state index is -0.646. The molecule has 0 spiro atoms. The van der Waals surface area contributed by atoms with Crippen LogP contribution in [0.25, 0.3) is 0 Å². The molecular weight excluding hydrogens is 359 g/mol. The molecule has 1 amide bonds. The van der Waals surface area contributed by atoms with Crippen LogP contribution in [0.5, 0.6) is 17.2 Å². The van der Waals surface area contributed by atoms with Gasteiger partial charge in [-0.3, -0.25) is 14.9 Å². The van der Waals surface area contributed by atoms with Crippen molar-refractivity contribution in [1.82, 2.24) is 4.90 Å². The molecule has 0 N–H and O–H groups in total. The zero-order chi connectivity index (χ0) is 19.6. The summed E-state index contributed by atoms with van der Waals surface area (Å²) in [7, 11) is 2.83. The van der Waals surface area contributed by atoms with Crippen LogP contribution in [0, 0.1) is 15.9 Å². The number of rotatable bonds is 5. The van der Waals surface area contributed by atoms with Crippen LogP contribution in [0.1, 0.15) is 15.9 Å². The average molecular weight is 376 g/mol. The van der Waals surface area contributed by atoms with E-state index in [0.29, 0.717) is 12.2 Å². The number of amides is 1. The molecule has 9 heteroatoms. The number of nitrogens with zero attached hydrogens (tertiary/aromatic N) is 2. The predicted octanol–water partition coefficient (Wildman–Crippen LogP) is 2.79. The number of halogens is 1. The Hall–Kier alpha value is -3.36. The van der Waals surface area contributed by atoms with Crippen molar-refractivity contribution in [3.8, 4) is 17.2 Å². The van der Waals surface area contributed by atoms with Gasteiger partial charge in [0.25, 0.3) is 11.6 Å². The van der Waals surface area contributed by atoms with Crippen LogP contribution >= 0.6 is 0 Å². The van der Waals surface area contributed by atoms with Crippen LogP contribution in [0.3, 0.4) is 0 Å². The molecule has 142 valence electrons. The summed E-state index contributed by atoms with van der Waals surface area (Å²) in [5, 5.41) is 11.4. The maximum absolute atomic E-state index is 13.8. The van der Waals surface area contributed by atoms with Crippen molar-refractivity contribution in [2.75, 3.05) is 27.4 Å². The molecule has 1 aliphatic rings. The van der Waals surface area contributed by atoms with Crippen LogP contribution in [0.15, 0.2) is 30.3 Å². The van der Waals surface area contributed by atoms with Gasteiger partial charge in [-0.25, -0.2) is 4.39 Å². The molecule has 0 atom stereocenters. The Balaban J connectivity index is 1.88. The number of hydrogen-bond donors (Lipinski definition) is 0. The number of carbonyl (C=O) groups excluding carboxylic acids is 1. The van der Waals surface area contributed by atoms with Crippen molar-refractivity contribution in [3.63, 3.8) is 0 Å². The first-order chi connectivity index (χ1) is 12.9. The normalized spacial score (nSPS) is 12.4. The fourth-order valence-electron chi connectivity index (χ4n) is 2.76. The van der Waals surface area contributed by atoms with Gasteiger partial charge >= 0.3 is 0 Å². The molecule has 0 saturated heterocycles. The zero-order valence-electron chi connectivity index (χ0n) is 14.7. The van der Waals surface area contributed by atoms with Crippen molar-refractivity contribution in [3.05, 3.63) is 57.4 Å². The topological polar surface area (TPSA) is 91.1 Å². The molecule has 1 heterocycles. The van der Waals surface area contributed by atoms with Gasteiger partial charge < -0.3 is 19.1 Å². The van der Waals surface area contributed by atoms with Gasteiger partial charge in [0.1, 0.15) is 18.8 Å². The van der Waals surface area contributed by atoms with Gasteiger partial charge in [-0.2, -0.15) is 0 Å². The monoisotopic (exact) mass is 376 g/mol. The van der Waals surface area contributed by atoms with Crippen molar-refractivity contribution >= 4 is 11.6 Å². The van der Waals surface area contributed by atoms with Crippen LogP contribution in [0.4, 0.5) is 10.1 Å². The van der Waals surface area contributed by atoms with E-state index in [0.717, 1.165) is 0 Å². The molecule has 1 aliphatic heterocycles. The van der Waals surface area contributed by atoms with Crippen molar-refractivity contribution in [2.24, 2.45) is 0 Å². The molecule has 0 bridgehead atoms. The highest BCUT2D eigenvalue weighted by molar-refractivity contribution is 5.99. The molecule has 3 rings (SSSR count). The minimum Gasteiger partial charge on any atom is -0.494 e. The van der Waals surface area contributed by atoms with Gasteiger partial charge in [0.15, 0.2) is 23.1 Å². The molecule has 27 heavy (non-hydrogen) atoms. The van der Waals surface area contributed by atoms with E-state index in [4.69, 9.17) is 14.2 Å². The summed E-state index contributed by atoms with van der Waals surface area (Å²) in [6.07, 6.45) is 0. The van der Waals surface area contributed by atoms with Crippen molar-refractivity contribution < 1.29 is 28.3 Å². The number of carbonyl (C=O) groups is 1. The standard InChI is InChI=1S/C18H17FN2O6/c1-20(10-11-3-4-15(25-2)13(19)7-11)18(22)12-8-16-17(27-6-5-26-16)9-14(12)21(23)24/h3-4,7-9H,5-6,10H2,1-2H3. The number of methoxy groups -OCH3 is 1. The summed E-state index contributed by atoms with van der Waals surface area (Å²) in [4.78, 5) is 24.8. The zero-order valence-corrected chi connectivity index (χ0v) is 14.7. The molecular formula is C18H17FN2O6. The fourth-order valence-corrected chi connectivity index (χ4v) is 2.76. The molecule has 2 aromatic carbocycles. The van der Waals surface area contributed by atoms with Crippen LogP contribution in [-0.2, 0) is 6.54 Å². The van der Waals surface area contributed by atoms with Gasteiger partial charge in [-0.05, 0) is 17.7 Å². The second kappa shape index (κ2) is 7.48.